The van der Waals surface area contributed by atoms with E-state index in [1.807, 2.05) is 60.7 Å². The van der Waals surface area contributed by atoms with Crippen LogP contribution >= 0.6 is 0 Å². The molecule has 7 heteroatoms. The maximum atomic E-state index is 12.9. The lowest BCUT2D eigenvalue weighted by Gasteiger charge is -2.20. The van der Waals surface area contributed by atoms with Crippen molar-refractivity contribution in [2.75, 3.05) is 7.11 Å². The van der Waals surface area contributed by atoms with Crippen molar-refractivity contribution in [3.05, 3.63) is 95.6 Å². The molecule has 28 heavy (non-hydrogen) atoms. The van der Waals surface area contributed by atoms with Crippen molar-refractivity contribution in [1.29, 1.82) is 0 Å². The Morgan fingerprint density at radius 2 is 1.46 bits per heavy atom. The molecule has 0 unspecified atom stereocenters. The fraction of sp³-hybridized carbons (Fsp3) is 0.0952. The van der Waals surface area contributed by atoms with Crippen LogP contribution in [0, 0.1) is 0 Å². The van der Waals surface area contributed by atoms with E-state index >= 15 is 0 Å². The molecule has 3 aromatic carbocycles. The summed E-state index contributed by atoms with van der Waals surface area (Å²) in [5, 5.41) is 8.21. The molecule has 3 rings (SSSR count). The zero-order chi connectivity index (χ0) is 20.1. The number of rotatable bonds is 6. The Hall–Kier alpha value is -3.16. The highest BCUT2D eigenvalue weighted by Crippen LogP contribution is 2.26. The second-order valence-electron chi connectivity index (χ2n) is 6.14. The van der Waals surface area contributed by atoms with Crippen LogP contribution in [0.1, 0.15) is 27.5 Å². The van der Waals surface area contributed by atoms with Crippen molar-refractivity contribution in [1.82, 2.24) is 5.32 Å². The lowest BCUT2D eigenvalue weighted by Crippen LogP contribution is -2.29. The minimum Gasteiger partial charge on any atom is -0.495 e. The zero-order valence-corrected chi connectivity index (χ0v) is 16.0. The summed E-state index contributed by atoms with van der Waals surface area (Å²) in [4.78, 5) is 12.7. The van der Waals surface area contributed by atoms with Crippen LogP contribution in [0.15, 0.2) is 83.8 Å². The van der Waals surface area contributed by atoms with Gasteiger partial charge in [0.2, 0.25) is 10.0 Å². The Labute approximate surface area is 164 Å². The van der Waals surface area contributed by atoms with Crippen LogP contribution in [0.3, 0.4) is 0 Å². The number of sulfonamides is 1. The van der Waals surface area contributed by atoms with Gasteiger partial charge in [-0.25, -0.2) is 13.6 Å². The van der Waals surface area contributed by atoms with Gasteiger partial charge >= 0.3 is 0 Å². The van der Waals surface area contributed by atoms with Crippen LogP contribution in [-0.4, -0.2) is 21.4 Å². The van der Waals surface area contributed by atoms with Crippen LogP contribution in [0.4, 0.5) is 0 Å². The maximum Gasteiger partial charge on any atom is 0.252 e. The van der Waals surface area contributed by atoms with E-state index in [2.05, 4.69) is 5.32 Å². The molecule has 1 amide bonds. The molecule has 0 aliphatic heterocycles. The molecular formula is C21H20N2O4S. The van der Waals surface area contributed by atoms with Gasteiger partial charge in [-0.3, -0.25) is 4.79 Å². The average Bonchev–Trinajstić information content (AvgIpc) is 2.72. The van der Waals surface area contributed by atoms with Crippen LogP contribution in [0.2, 0.25) is 0 Å². The monoisotopic (exact) mass is 396 g/mol. The van der Waals surface area contributed by atoms with E-state index in [4.69, 9.17) is 9.88 Å². The molecular weight excluding hydrogens is 376 g/mol. The van der Waals surface area contributed by atoms with Gasteiger partial charge in [0.15, 0.2) is 0 Å². The summed E-state index contributed by atoms with van der Waals surface area (Å²) in [6, 6.07) is 22.8. The number of benzene rings is 3. The second-order valence-corrected chi connectivity index (χ2v) is 7.67. The molecule has 0 radical (unpaired) electrons. The van der Waals surface area contributed by atoms with E-state index in [1.165, 1.54) is 25.3 Å². The second kappa shape index (κ2) is 8.24. The van der Waals surface area contributed by atoms with Gasteiger partial charge in [0.1, 0.15) is 10.6 Å². The average molecular weight is 396 g/mol. The third kappa shape index (κ3) is 4.39. The molecule has 0 fully saturated rings. The van der Waals surface area contributed by atoms with Gasteiger partial charge in [0.05, 0.1) is 13.2 Å². The van der Waals surface area contributed by atoms with Crippen LogP contribution in [0.5, 0.6) is 5.75 Å². The molecule has 0 aromatic heterocycles. The van der Waals surface area contributed by atoms with Crippen LogP contribution < -0.4 is 15.2 Å². The fourth-order valence-electron chi connectivity index (χ4n) is 2.90. The highest BCUT2D eigenvalue weighted by molar-refractivity contribution is 7.89. The van der Waals surface area contributed by atoms with Gasteiger partial charge in [-0.15, -0.1) is 0 Å². The number of nitrogens with one attached hydrogen (secondary N) is 1. The SMILES string of the molecule is COc1ccc(C(=O)NC(c2ccccc2)c2ccccc2)cc1S(N)(=O)=O. The van der Waals surface area contributed by atoms with Crippen molar-refractivity contribution in [2.24, 2.45) is 5.14 Å². The van der Waals surface area contributed by atoms with Crippen molar-refractivity contribution in [3.8, 4) is 5.75 Å². The Morgan fingerprint density at radius 3 is 1.93 bits per heavy atom. The summed E-state index contributed by atoms with van der Waals surface area (Å²) >= 11 is 0. The number of ether oxygens (including phenoxy) is 1. The Kier molecular flexibility index (Phi) is 5.77. The zero-order valence-electron chi connectivity index (χ0n) is 15.2. The summed E-state index contributed by atoms with van der Waals surface area (Å²) in [5.74, 6) is -0.341. The largest absolute Gasteiger partial charge is 0.495 e. The fourth-order valence-corrected chi connectivity index (χ4v) is 3.63. The van der Waals surface area contributed by atoms with Crippen molar-refractivity contribution in [2.45, 2.75) is 10.9 Å². The van der Waals surface area contributed by atoms with E-state index in [0.29, 0.717) is 0 Å². The maximum absolute atomic E-state index is 12.9. The first kappa shape index (κ1) is 19.6. The number of methoxy groups -OCH3 is 1. The Balaban J connectivity index is 1.97. The summed E-state index contributed by atoms with van der Waals surface area (Å²) in [6.45, 7) is 0. The van der Waals surface area contributed by atoms with Crippen molar-refractivity contribution >= 4 is 15.9 Å². The van der Waals surface area contributed by atoms with Gasteiger partial charge in [-0.05, 0) is 29.3 Å². The lowest BCUT2D eigenvalue weighted by molar-refractivity contribution is 0.0942. The predicted molar refractivity (Wildman–Crippen MR) is 107 cm³/mol. The molecule has 0 heterocycles. The molecule has 0 saturated heterocycles. The highest BCUT2D eigenvalue weighted by atomic mass is 32.2. The van der Waals surface area contributed by atoms with Gasteiger partial charge in [0.25, 0.3) is 5.91 Å². The molecule has 0 bridgehead atoms. The third-order valence-electron chi connectivity index (χ3n) is 4.27. The minimum absolute atomic E-state index is 0.0849. The summed E-state index contributed by atoms with van der Waals surface area (Å²) in [6.07, 6.45) is 0. The van der Waals surface area contributed by atoms with E-state index in [1.54, 1.807) is 0 Å². The lowest BCUT2D eigenvalue weighted by atomic mass is 9.98. The van der Waals surface area contributed by atoms with E-state index in [-0.39, 0.29) is 16.2 Å². The van der Waals surface area contributed by atoms with Gasteiger partial charge in [-0.1, -0.05) is 60.7 Å². The number of amides is 1. The number of carbonyl (C=O) groups is 1. The number of hydrogen-bond donors (Lipinski definition) is 2. The first-order chi connectivity index (χ1) is 13.4. The van der Waals surface area contributed by atoms with E-state index in [9.17, 15) is 13.2 Å². The number of nitrogens with two attached hydrogens (primary N) is 1. The van der Waals surface area contributed by atoms with Gasteiger partial charge < -0.3 is 10.1 Å². The smallest absolute Gasteiger partial charge is 0.252 e. The first-order valence-electron chi connectivity index (χ1n) is 8.52. The van der Waals surface area contributed by atoms with E-state index < -0.39 is 22.0 Å². The van der Waals surface area contributed by atoms with Crippen molar-refractivity contribution < 1.29 is 17.9 Å². The molecule has 0 spiro atoms. The molecule has 6 nitrogen and oxygen atoms in total. The number of hydrogen-bond acceptors (Lipinski definition) is 4. The van der Waals surface area contributed by atoms with Crippen LogP contribution in [0.25, 0.3) is 0 Å². The predicted octanol–water partition coefficient (Wildman–Crippen LogP) is 2.86. The minimum atomic E-state index is -4.04. The number of primary sulfonamides is 1. The van der Waals surface area contributed by atoms with Gasteiger partial charge in [-0.2, -0.15) is 0 Å². The van der Waals surface area contributed by atoms with Crippen molar-refractivity contribution in [3.63, 3.8) is 0 Å². The molecule has 0 saturated carbocycles. The molecule has 3 aromatic rings. The summed E-state index contributed by atoms with van der Waals surface area (Å²) < 4.78 is 28.7. The topological polar surface area (TPSA) is 98.5 Å². The Morgan fingerprint density at radius 1 is 0.929 bits per heavy atom. The van der Waals surface area contributed by atoms with Crippen LogP contribution in [-0.2, 0) is 10.0 Å². The third-order valence-corrected chi connectivity index (χ3v) is 5.21. The molecule has 0 aliphatic carbocycles. The standard InChI is InChI=1S/C21H20N2O4S/c1-27-18-13-12-17(14-19(18)28(22,25)26)21(24)23-20(15-8-4-2-5-9-15)16-10-6-3-7-11-16/h2-14,20H,1H3,(H,23,24)(H2,22,25,26). The Bertz CT molecular complexity index is 1030. The molecule has 3 N–H and O–H groups in total. The molecule has 0 atom stereocenters. The molecule has 0 aliphatic rings. The normalized spacial score (nSPS) is 11.2. The van der Waals surface area contributed by atoms with E-state index in [0.717, 1.165) is 11.1 Å². The van der Waals surface area contributed by atoms with Gasteiger partial charge in [0, 0.05) is 5.56 Å². The highest BCUT2D eigenvalue weighted by Gasteiger charge is 2.21. The quantitative estimate of drug-likeness (QED) is 0.669. The number of carbonyl (C=O) groups excluding carboxylic acids is 1. The first-order valence-corrected chi connectivity index (χ1v) is 10.1. The summed E-state index contributed by atoms with van der Waals surface area (Å²) in [5.41, 5.74) is 1.98. The summed E-state index contributed by atoms with van der Waals surface area (Å²) in [7, 11) is -2.70. The molecule has 144 valence electrons.